The Morgan fingerprint density at radius 3 is 2.60 bits per heavy atom. The second-order valence-electron chi connectivity index (χ2n) is 4.50. The zero-order valence-corrected chi connectivity index (χ0v) is 11.1. The summed E-state index contributed by atoms with van der Waals surface area (Å²) in [6.07, 6.45) is 6.83. The van der Waals surface area contributed by atoms with Gasteiger partial charge in [-0.1, -0.05) is 12.1 Å². The highest BCUT2D eigenvalue weighted by Gasteiger charge is 2.09. The molecule has 3 aromatic rings. The number of hydrogen-bond donors (Lipinski definition) is 1. The Balaban J connectivity index is 1.88. The number of pyridine rings is 1. The normalized spacial score (nSPS) is 12.1. The van der Waals surface area contributed by atoms with Crippen LogP contribution in [-0.4, -0.2) is 19.7 Å². The highest BCUT2D eigenvalue weighted by Crippen LogP contribution is 2.24. The minimum absolute atomic E-state index is 0.183. The average molecular weight is 265 g/mol. The Bertz CT molecular complexity index is 664. The van der Waals surface area contributed by atoms with Gasteiger partial charge in [-0.15, -0.1) is 0 Å². The molecule has 0 aliphatic carbocycles. The molecule has 1 unspecified atom stereocenters. The maximum atomic E-state index is 4.18. The molecule has 100 valence electrons. The zero-order valence-electron chi connectivity index (χ0n) is 11.1. The monoisotopic (exact) mass is 265 g/mol. The lowest BCUT2D eigenvalue weighted by Gasteiger charge is -2.18. The first-order valence-corrected chi connectivity index (χ1v) is 6.45. The Hall–Kier alpha value is -2.69. The third kappa shape index (κ3) is 2.51. The molecule has 0 bridgehead atoms. The molecule has 0 radical (unpaired) electrons. The van der Waals surface area contributed by atoms with Crippen LogP contribution in [0.3, 0.4) is 0 Å². The predicted octanol–water partition coefficient (Wildman–Crippen LogP) is 2.84. The molecule has 0 saturated heterocycles. The fraction of sp³-hybridized carbons (Fsp3) is 0.133. The number of para-hydroxylation sites is 2. The molecule has 1 aromatic carbocycles. The molecule has 0 amide bonds. The van der Waals surface area contributed by atoms with Crippen molar-refractivity contribution in [3.05, 3.63) is 67.0 Å². The number of nitrogens with one attached hydrogen (secondary N) is 1. The minimum atomic E-state index is 0.183. The van der Waals surface area contributed by atoms with Crippen LogP contribution in [0.1, 0.15) is 18.5 Å². The van der Waals surface area contributed by atoms with Crippen molar-refractivity contribution >= 4 is 5.69 Å². The number of nitrogens with zero attached hydrogens (tertiary/aromatic N) is 4. The smallest absolute Gasteiger partial charge is 0.138 e. The van der Waals surface area contributed by atoms with Crippen molar-refractivity contribution < 1.29 is 0 Å². The van der Waals surface area contributed by atoms with Crippen LogP contribution in [0.2, 0.25) is 0 Å². The zero-order chi connectivity index (χ0) is 13.8. The first-order valence-electron chi connectivity index (χ1n) is 6.45. The van der Waals surface area contributed by atoms with Crippen LogP contribution in [-0.2, 0) is 0 Å². The van der Waals surface area contributed by atoms with Crippen molar-refractivity contribution in [1.82, 2.24) is 19.7 Å². The predicted molar refractivity (Wildman–Crippen MR) is 77.6 cm³/mol. The molecule has 5 nitrogen and oxygen atoms in total. The quantitative estimate of drug-likeness (QED) is 0.788. The summed E-state index contributed by atoms with van der Waals surface area (Å²) in [6.45, 7) is 2.12. The number of rotatable bonds is 4. The van der Waals surface area contributed by atoms with Gasteiger partial charge in [0, 0.05) is 18.4 Å². The second kappa shape index (κ2) is 5.52. The largest absolute Gasteiger partial charge is 0.377 e. The molecule has 0 saturated carbocycles. The van der Waals surface area contributed by atoms with E-state index >= 15 is 0 Å². The Labute approximate surface area is 117 Å². The summed E-state index contributed by atoms with van der Waals surface area (Å²) >= 11 is 0. The van der Waals surface area contributed by atoms with Crippen molar-refractivity contribution in [1.29, 1.82) is 0 Å². The van der Waals surface area contributed by atoms with Gasteiger partial charge in [-0.2, -0.15) is 5.10 Å². The lowest BCUT2D eigenvalue weighted by Crippen LogP contribution is -2.09. The van der Waals surface area contributed by atoms with Gasteiger partial charge < -0.3 is 5.32 Å². The van der Waals surface area contributed by atoms with E-state index in [1.165, 1.54) is 11.9 Å². The lowest BCUT2D eigenvalue weighted by molar-refractivity contribution is 0.851. The Kier molecular flexibility index (Phi) is 3.41. The molecule has 3 rings (SSSR count). The first kappa shape index (κ1) is 12.3. The van der Waals surface area contributed by atoms with E-state index in [1.807, 2.05) is 36.4 Å². The van der Waals surface area contributed by atoms with Gasteiger partial charge in [0.2, 0.25) is 0 Å². The molecule has 20 heavy (non-hydrogen) atoms. The van der Waals surface area contributed by atoms with Crippen molar-refractivity contribution in [2.24, 2.45) is 0 Å². The minimum Gasteiger partial charge on any atom is -0.377 e. The molecule has 2 heterocycles. The summed E-state index contributed by atoms with van der Waals surface area (Å²) in [5.41, 5.74) is 3.18. The molecular formula is C15H15N5. The molecule has 2 aromatic heterocycles. The number of benzene rings is 1. The molecule has 0 spiro atoms. The summed E-state index contributed by atoms with van der Waals surface area (Å²) in [6, 6.07) is 12.2. The summed E-state index contributed by atoms with van der Waals surface area (Å²) in [5, 5.41) is 7.68. The highest BCUT2D eigenvalue weighted by molar-refractivity contribution is 5.61. The molecule has 1 atom stereocenters. The van der Waals surface area contributed by atoms with Gasteiger partial charge in [-0.25, -0.2) is 9.67 Å². The summed E-state index contributed by atoms with van der Waals surface area (Å²) < 4.78 is 1.75. The van der Waals surface area contributed by atoms with E-state index in [1.54, 1.807) is 23.4 Å². The van der Waals surface area contributed by atoms with Crippen LogP contribution < -0.4 is 5.32 Å². The van der Waals surface area contributed by atoms with Crippen molar-refractivity contribution in [3.63, 3.8) is 0 Å². The Morgan fingerprint density at radius 2 is 1.85 bits per heavy atom. The van der Waals surface area contributed by atoms with Gasteiger partial charge in [-0.05, 0) is 36.8 Å². The molecule has 1 N–H and O–H groups in total. The third-order valence-corrected chi connectivity index (χ3v) is 3.15. The van der Waals surface area contributed by atoms with E-state index in [0.717, 1.165) is 11.4 Å². The number of anilines is 1. The maximum absolute atomic E-state index is 4.18. The number of hydrogen-bond acceptors (Lipinski definition) is 4. The SMILES string of the molecule is CC(Nc1ccccc1-n1cncn1)c1ccncc1. The molecule has 0 aliphatic rings. The van der Waals surface area contributed by atoms with E-state index < -0.39 is 0 Å². The maximum Gasteiger partial charge on any atom is 0.138 e. The van der Waals surface area contributed by atoms with Crippen molar-refractivity contribution in [3.8, 4) is 5.69 Å². The third-order valence-electron chi connectivity index (χ3n) is 3.15. The molecule has 5 heteroatoms. The lowest BCUT2D eigenvalue weighted by atomic mass is 10.1. The fourth-order valence-electron chi connectivity index (χ4n) is 2.10. The molecule has 0 fully saturated rings. The van der Waals surface area contributed by atoms with E-state index in [-0.39, 0.29) is 6.04 Å². The van der Waals surface area contributed by atoms with Gasteiger partial charge in [0.1, 0.15) is 12.7 Å². The van der Waals surface area contributed by atoms with E-state index in [0.29, 0.717) is 0 Å². The number of aromatic nitrogens is 4. The van der Waals surface area contributed by atoms with Crippen molar-refractivity contribution in [2.75, 3.05) is 5.32 Å². The van der Waals surface area contributed by atoms with Gasteiger partial charge in [-0.3, -0.25) is 4.98 Å². The average Bonchev–Trinajstić information content (AvgIpc) is 3.03. The van der Waals surface area contributed by atoms with E-state index in [9.17, 15) is 0 Å². The summed E-state index contributed by atoms with van der Waals surface area (Å²) in [4.78, 5) is 8.04. The summed E-state index contributed by atoms with van der Waals surface area (Å²) in [5.74, 6) is 0. The van der Waals surface area contributed by atoms with Crippen LogP contribution in [0.25, 0.3) is 5.69 Å². The van der Waals surface area contributed by atoms with Crippen LogP contribution >= 0.6 is 0 Å². The van der Waals surface area contributed by atoms with Gasteiger partial charge >= 0.3 is 0 Å². The van der Waals surface area contributed by atoms with Gasteiger partial charge in [0.05, 0.1) is 11.4 Å². The van der Waals surface area contributed by atoms with Crippen molar-refractivity contribution in [2.45, 2.75) is 13.0 Å². The first-order chi connectivity index (χ1) is 9.84. The van der Waals surface area contributed by atoms with Gasteiger partial charge in [0.15, 0.2) is 0 Å². The van der Waals surface area contributed by atoms with Gasteiger partial charge in [0.25, 0.3) is 0 Å². The second-order valence-corrected chi connectivity index (χ2v) is 4.50. The Morgan fingerprint density at radius 1 is 1.05 bits per heavy atom. The standard InChI is InChI=1S/C15H15N5/c1-12(13-6-8-16-9-7-13)19-14-4-2-3-5-15(14)20-11-17-10-18-20/h2-12,19H,1H3. The summed E-state index contributed by atoms with van der Waals surface area (Å²) in [7, 11) is 0. The van der Waals surface area contributed by atoms with Crippen LogP contribution in [0.5, 0.6) is 0 Å². The van der Waals surface area contributed by atoms with Crippen LogP contribution in [0.15, 0.2) is 61.4 Å². The van der Waals surface area contributed by atoms with E-state index in [2.05, 4.69) is 27.3 Å². The molecule has 0 aliphatic heterocycles. The highest BCUT2D eigenvalue weighted by atomic mass is 15.3. The van der Waals surface area contributed by atoms with Crippen LogP contribution in [0, 0.1) is 0 Å². The van der Waals surface area contributed by atoms with E-state index in [4.69, 9.17) is 0 Å². The fourth-order valence-corrected chi connectivity index (χ4v) is 2.10. The topological polar surface area (TPSA) is 55.6 Å². The molecular weight excluding hydrogens is 250 g/mol. The van der Waals surface area contributed by atoms with Crippen LogP contribution in [0.4, 0.5) is 5.69 Å².